The predicted octanol–water partition coefficient (Wildman–Crippen LogP) is 1.45. The highest BCUT2D eigenvalue weighted by atomic mass is 15.0. The summed E-state index contributed by atoms with van der Waals surface area (Å²) in [4.78, 5) is 11.3. The molecule has 0 aliphatic carbocycles. The number of aromatic nitrogens is 3. The van der Waals surface area contributed by atoms with Crippen LogP contribution < -0.4 is 5.32 Å². The molecule has 0 spiro atoms. The van der Waals surface area contributed by atoms with Gasteiger partial charge in [-0.05, 0) is 37.1 Å². The summed E-state index contributed by atoms with van der Waals surface area (Å²) in [6.45, 7) is 3.83. The summed E-state index contributed by atoms with van der Waals surface area (Å²) in [7, 11) is 0. The van der Waals surface area contributed by atoms with Crippen molar-refractivity contribution in [1.29, 1.82) is 0 Å². The van der Waals surface area contributed by atoms with Gasteiger partial charge in [0.2, 0.25) is 0 Å². The number of nitrogens with one attached hydrogen (secondary N) is 2. The van der Waals surface area contributed by atoms with Crippen molar-refractivity contribution in [2.45, 2.75) is 19.9 Å². The Hall–Kier alpha value is -1.68. The second-order valence-electron chi connectivity index (χ2n) is 3.76. The zero-order valence-corrected chi connectivity index (χ0v) is 9.40. The van der Waals surface area contributed by atoms with E-state index in [1.807, 2.05) is 18.6 Å². The van der Waals surface area contributed by atoms with Crippen LogP contribution in [0.3, 0.4) is 0 Å². The van der Waals surface area contributed by atoms with Crippen LogP contribution in [0.4, 0.5) is 0 Å². The first-order valence-electron chi connectivity index (χ1n) is 5.45. The lowest BCUT2D eigenvalue weighted by atomic mass is 10.1. The molecule has 0 fully saturated rings. The van der Waals surface area contributed by atoms with Crippen molar-refractivity contribution >= 4 is 0 Å². The fraction of sp³-hybridized carbons (Fsp3) is 0.333. The molecule has 0 aliphatic rings. The van der Waals surface area contributed by atoms with Crippen molar-refractivity contribution < 1.29 is 0 Å². The van der Waals surface area contributed by atoms with E-state index in [1.165, 1.54) is 11.1 Å². The van der Waals surface area contributed by atoms with Gasteiger partial charge in [0.15, 0.2) is 0 Å². The van der Waals surface area contributed by atoms with Gasteiger partial charge in [0.1, 0.15) is 5.82 Å². The van der Waals surface area contributed by atoms with Gasteiger partial charge in [-0.1, -0.05) is 0 Å². The number of aromatic amines is 1. The van der Waals surface area contributed by atoms with Gasteiger partial charge in [-0.3, -0.25) is 4.98 Å². The Balaban J connectivity index is 1.74. The van der Waals surface area contributed by atoms with Crippen LogP contribution in [0.2, 0.25) is 0 Å². The Morgan fingerprint density at radius 2 is 2.31 bits per heavy atom. The van der Waals surface area contributed by atoms with E-state index in [1.54, 1.807) is 6.20 Å². The molecule has 16 heavy (non-hydrogen) atoms. The van der Waals surface area contributed by atoms with Crippen LogP contribution in [-0.2, 0) is 13.0 Å². The monoisotopic (exact) mass is 216 g/mol. The van der Waals surface area contributed by atoms with Crippen LogP contribution in [0.1, 0.15) is 17.0 Å². The lowest BCUT2D eigenvalue weighted by Crippen LogP contribution is -2.17. The maximum absolute atomic E-state index is 4.15. The first-order valence-corrected chi connectivity index (χ1v) is 5.45. The van der Waals surface area contributed by atoms with Gasteiger partial charge in [0, 0.05) is 24.8 Å². The van der Waals surface area contributed by atoms with Gasteiger partial charge in [-0.25, -0.2) is 4.98 Å². The Morgan fingerprint density at radius 1 is 1.38 bits per heavy atom. The van der Waals surface area contributed by atoms with E-state index in [-0.39, 0.29) is 0 Å². The summed E-state index contributed by atoms with van der Waals surface area (Å²) in [5.41, 5.74) is 2.60. The highest BCUT2D eigenvalue weighted by molar-refractivity contribution is 5.21. The molecular weight excluding hydrogens is 200 g/mol. The minimum Gasteiger partial charge on any atom is -0.348 e. The van der Waals surface area contributed by atoms with E-state index in [9.17, 15) is 0 Å². The van der Waals surface area contributed by atoms with E-state index in [0.29, 0.717) is 0 Å². The molecule has 0 unspecified atom stereocenters. The molecule has 84 valence electrons. The Kier molecular flexibility index (Phi) is 3.66. The molecule has 2 N–H and O–H groups in total. The summed E-state index contributed by atoms with van der Waals surface area (Å²) < 4.78 is 0. The average molecular weight is 216 g/mol. The van der Waals surface area contributed by atoms with Gasteiger partial charge in [-0.15, -0.1) is 0 Å². The topological polar surface area (TPSA) is 53.6 Å². The van der Waals surface area contributed by atoms with Gasteiger partial charge < -0.3 is 10.3 Å². The maximum Gasteiger partial charge on any atom is 0.120 e. The fourth-order valence-electron chi connectivity index (χ4n) is 1.61. The third kappa shape index (κ3) is 2.90. The second-order valence-corrected chi connectivity index (χ2v) is 3.76. The number of imidazole rings is 1. The van der Waals surface area contributed by atoms with E-state index >= 15 is 0 Å². The number of hydrogen-bond acceptors (Lipinski definition) is 3. The molecule has 0 aromatic carbocycles. The quantitative estimate of drug-likeness (QED) is 0.744. The van der Waals surface area contributed by atoms with E-state index in [2.05, 4.69) is 33.3 Å². The first-order chi connectivity index (χ1) is 7.86. The highest BCUT2D eigenvalue weighted by Crippen LogP contribution is 2.04. The molecule has 4 nitrogen and oxygen atoms in total. The summed E-state index contributed by atoms with van der Waals surface area (Å²) in [5, 5.41) is 3.35. The molecule has 4 heteroatoms. The van der Waals surface area contributed by atoms with Crippen LogP contribution in [0.15, 0.2) is 30.9 Å². The summed E-state index contributed by atoms with van der Waals surface area (Å²) >= 11 is 0. The number of pyridine rings is 1. The normalized spacial score (nSPS) is 10.6. The predicted molar refractivity (Wildman–Crippen MR) is 63.0 cm³/mol. The molecule has 0 saturated carbocycles. The summed E-state index contributed by atoms with van der Waals surface area (Å²) in [6.07, 6.45) is 8.37. The molecule has 0 atom stereocenters. The van der Waals surface area contributed by atoms with Crippen LogP contribution >= 0.6 is 0 Å². The smallest absolute Gasteiger partial charge is 0.120 e. The molecule has 2 heterocycles. The molecule has 2 aromatic rings. The number of nitrogens with zero attached hydrogens (tertiary/aromatic N) is 2. The number of aryl methyl sites for hydroxylation is 1. The maximum atomic E-state index is 4.15. The van der Waals surface area contributed by atoms with Crippen molar-refractivity contribution in [3.63, 3.8) is 0 Å². The third-order valence-corrected chi connectivity index (χ3v) is 2.55. The van der Waals surface area contributed by atoms with Crippen molar-refractivity contribution in [1.82, 2.24) is 20.3 Å². The number of hydrogen-bond donors (Lipinski definition) is 2. The Bertz CT molecular complexity index is 422. The summed E-state index contributed by atoms with van der Waals surface area (Å²) in [6, 6.07) is 2.07. The second kappa shape index (κ2) is 5.42. The average Bonchev–Trinajstić information content (AvgIpc) is 2.79. The molecule has 2 rings (SSSR count). The van der Waals surface area contributed by atoms with Crippen molar-refractivity contribution in [2.75, 3.05) is 6.54 Å². The standard InChI is InChI=1S/C12H16N4/c1-10-8-13-4-2-11(10)3-5-14-9-12-15-6-7-16-12/h2,4,6-8,14H,3,5,9H2,1H3,(H,15,16). The van der Waals surface area contributed by atoms with Crippen molar-refractivity contribution in [2.24, 2.45) is 0 Å². The molecule has 0 saturated heterocycles. The highest BCUT2D eigenvalue weighted by Gasteiger charge is 1.98. The van der Waals surface area contributed by atoms with Crippen LogP contribution in [0.25, 0.3) is 0 Å². The first kappa shape index (κ1) is 10.8. The molecular formula is C12H16N4. The fourth-order valence-corrected chi connectivity index (χ4v) is 1.61. The lowest BCUT2D eigenvalue weighted by molar-refractivity contribution is 0.663. The van der Waals surface area contributed by atoms with Gasteiger partial charge in [0.05, 0.1) is 6.54 Å². The zero-order chi connectivity index (χ0) is 11.2. The van der Waals surface area contributed by atoms with Gasteiger partial charge >= 0.3 is 0 Å². The van der Waals surface area contributed by atoms with E-state index in [4.69, 9.17) is 0 Å². The van der Waals surface area contributed by atoms with E-state index in [0.717, 1.165) is 25.3 Å². The largest absolute Gasteiger partial charge is 0.348 e. The third-order valence-electron chi connectivity index (χ3n) is 2.55. The summed E-state index contributed by atoms with van der Waals surface area (Å²) in [5.74, 6) is 0.978. The van der Waals surface area contributed by atoms with Crippen molar-refractivity contribution in [3.05, 3.63) is 47.8 Å². The number of H-pyrrole nitrogens is 1. The minimum atomic E-state index is 0.789. The lowest BCUT2D eigenvalue weighted by Gasteiger charge is -2.05. The van der Waals surface area contributed by atoms with Crippen LogP contribution in [0, 0.1) is 6.92 Å². The zero-order valence-electron chi connectivity index (χ0n) is 9.40. The van der Waals surface area contributed by atoms with Crippen LogP contribution in [0.5, 0.6) is 0 Å². The van der Waals surface area contributed by atoms with Gasteiger partial charge in [-0.2, -0.15) is 0 Å². The van der Waals surface area contributed by atoms with Crippen molar-refractivity contribution in [3.8, 4) is 0 Å². The Morgan fingerprint density at radius 3 is 3.06 bits per heavy atom. The molecule has 0 amide bonds. The molecule has 2 aromatic heterocycles. The van der Waals surface area contributed by atoms with Gasteiger partial charge in [0.25, 0.3) is 0 Å². The molecule has 0 aliphatic heterocycles. The van der Waals surface area contributed by atoms with E-state index < -0.39 is 0 Å². The molecule has 0 bridgehead atoms. The Labute approximate surface area is 95.1 Å². The number of rotatable bonds is 5. The minimum absolute atomic E-state index is 0.789. The van der Waals surface area contributed by atoms with Crippen LogP contribution in [-0.4, -0.2) is 21.5 Å². The SMILES string of the molecule is Cc1cnccc1CCNCc1ncc[nH]1. The molecule has 0 radical (unpaired) electrons.